The third-order valence-electron chi connectivity index (χ3n) is 2.47. The van der Waals surface area contributed by atoms with E-state index in [2.05, 4.69) is 24.1 Å². The normalized spacial score (nSPS) is 17.3. The first kappa shape index (κ1) is 8.06. The first-order chi connectivity index (χ1) is 6.13. The SMILES string of the molecule is CC1(C)CNc2cc(C#N)ncc21. The molecule has 0 spiro atoms. The minimum absolute atomic E-state index is 0.135. The monoisotopic (exact) mass is 173 g/mol. The second kappa shape index (κ2) is 2.46. The van der Waals surface area contributed by atoms with Crippen molar-refractivity contribution in [3.05, 3.63) is 23.5 Å². The molecule has 0 fully saturated rings. The van der Waals surface area contributed by atoms with Gasteiger partial charge in [0.25, 0.3) is 0 Å². The van der Waals surface area contributed by atoms with Crippen molar-refractivity contribution in [2.75, 3.05) is 11.9 Å². The van der Waals surface area contributed by atoms with E-state index in [0.29, 0.717) is 5.69 Å². The standard InChI is InChI=1S/C10H11N3/c1-10(2)6-13-9-3-7(4-11)12-5-8(9)10/h3,5,13H,6H2,1-2H3. The second-order valence-corrected chi connectivity index (χ2v) is 3.96. The van der Waals surface area contributed by atoms with Gasteiger partial charge in [0.15, 0.2) is 0 Å². The molecule has 0 aromatic carbocycles. The van der Waals surface area contributed by atoms with Crippen LogP contribution in [0.5, 0.6) is 0 Å². The van der Waals surface area contributed by atoms with E-state index in [-0.39, 0.29) is 5.41 Å². The lowest BCUT2D eigenvalue weighted by Crippen LogP contribution is -2.19. The Balaban J connectivity index is 2.54. The van der Waals surface area contributed by atoms with E-state index in [0.717, 1.165) is 12.2 Å². The summed E-state index contributed by atoms with van der Waals surface area (Å²) in [6.07, 6.45) is 1.80. The topological polar surface area (TPSA) is 48.7 Å². The third kappa shape index (κ3) is 1.15. The lowest BCUT2D eigenvalue weighted by Gasteiger charge is -2.15. The van der Waals surface area contributed by atoms with Crippen LogP contribution in [0.15, 0.2) is 12.3 Å². The number of anilines is 1. The van der Waals surface area contributed by atoms with Crippen molar-refractivity contribution in [3.63, 3.8) is 0 Å². The maximum Gasteiger partial charge on any atom is 0.142 e. The zero-order valence-electron chi connectivity index (χ0n) is 7.76. The van der Waals surface area contributed by atoms with E-state index in [1.807, 2.05) is 12.1 Å². The summed E-state index contributed by atoms with van der Waals surface area (Å²) < 4.78 is 0. The quantitative estimate of drug-likeness (QED) is 0.649. The molecule has 2 heterocycles. The number of fused-ring (bicyclic) bond motifs is 1. The van der Waals surface area contributed by atoms with Gasteiger partial charge in [-0.05, 0) is 6.07 Å². The molecule has 1 N–H and O–H groups in total. The number of nitriles is 1. The summed E-state index contributed by atoms with van der Waals surface area (Å²) in [6.45, 7) is 5.25. The summed E-state index contributed by atoms with van der Waals surface area (Å²) >= 11 is 0. The van der Waals surface area contributed by atoms with Gasteiger partial charge in [0.05, 0.1) is 0 Å². The predicted molar refractivity (Wildman–Crippen MR) is 50.5 cm³/mol. The minimum atomic E-state index is 0.135. The predicted octanol–water partition coefficient (Wildman–Crippen LogP) is 1.66. The highest BCUT2D eigenvalue weighted by molar-refractivity contribution is 5.60. The zero-order valence-corrected chi connectivity index (χ0v) is 7.76. The molecule has 0 aliphatic carbocycles. The molecule has 2 rings (SSSR count). The largest absolute Gasteiger partial charge is 0.384 e. The molecule has 0 saturated carbocycles. The van der Waals surface area contributed by atoms with Gasteiger partial charge in [-0.25, -0.2) is 4.98 Å². The summed E-state index contributed by atoms with van der Waals surface area (Å²) in [5.74, 6) is 0. The maximum absolute atomic E-state index is 8.66. The number of hydrogen-bond acceptors (Lipinski definition) is 3. The first-order valence-electron chi connectivity index (χ1n) is 4.28. The molecule has 0 bridgehead atoms. The number of aromatic nitrogens is 1. The molecule has 0 atom stereocenters. The average Bonchev–Trinajstić information content (AvgIpc) is 2.42. The van der Waals surface area contributed by atoms with Gasteiger partial charge in [-0.15, -0.1) is 0 Å². The Kier molecular flexibility index (Phi) is 1.53. The van der Waals surface area contributed by atoms with Crippen LogP contribution in [-0.4, -0.2) is 11.5 Å². The van der Waals surface area contributed by atoms with Crippen LogP contribution in [0, 0.1) is 11.3 Å². The Labute approximate surface area is 77.4 Å². The highest BCUT2D eigenvalue weighted by atomic mass is 14.9. The van der Waals surface area contributed by atoms with Crippen LogP contribution >= 0.6 is 0 Å². The van der Waals surface area contributed by atoms with Crippen molar-refractivity contribution >= 4 is 5.69 Å². The van der Waals surface area contributed by atoms with Crippen LogP contribution in [0.25, 0.3) is 0 Å². The Morgan fingerprint density at radius 1 is 1.62 bits per heavy atom. The number of hydrogen-bond donors (Lipinski definition) is 1. The molecule has 0 unspecified atom stereocenters. The Hall–Kier alpha value is -1.56. The van der Waals surface area contributed by atoms with Crippen LogP contribution in [0.4, 0.5) is 5.69 Å². The van der Waals surface area contributed by atoms with Crippen molar-refractivity contribution in [1.82, 2.24) is 4.98 Å². The van der Waals surface area contributed by atoms with Gasteiger partial charge in [0.2, 0.25) is 0 Å². The Morgan fingerprint density at radius 3 is 3.08 bits per heavy atom. The van der Waals surface area contributed by atoms with Gasteiger partial charge in [0.1, 0.15) is 11.8 Å². The van der Waals surface area contributed by atoms with Crippen LogP contribution < -0.4 is 5.32 Å². The molecular weight excluding hydrogens is 162 g/mol. The Bertz CT molecular complexity index is 388. The van der Waals surface area contributed by atoms with Gasteiger partial charge in [-0.1, -0.05) is 13.8 Å². The van der Waals surface area contributed by atoms with Crippen molar-refractivity contribution in [1.29, 1.82) is 5.26 Å². The lowest BCUT2D eigenvalue weighted by atomic mass is 9.88. The summed E-state index contributed by atoms with van der Waals surface area (Å²) in [5.41, 5.74) is 2.86. The fourth-order valence-electron chi connectivity index (χ4n) is 1.61. The van der Waals surface area contributed by atoms with Crippen molar-refractivity contribution in [3.8, 4) is 6.07 Å². The molecule has 3 nitrogen and oxygen atoms in total. The van der Waals surface area contributed by atoms with Crippen molar-refractivity contribution in [2.24, 2.45) is 0 Å². The van der Waals surface area contributed by atoms with E-state index in [4.69, 9.17) is 5.26 Å². The molecular formula is C10H11N3. The van der Waals surface area contributed by atoms with E-state index in [9.17, 15) is 0 Å². The number of rotatable bonds is 0. The van der Waals surface area contributed by atoms with Crippen LogP contribution in [0.1, 0.15) is 25.1 Å². The van der Waals surface area contributed by atoms with E-state index < -0.39 is 0 Å². The first-order valence-corrected chi connectivity index (χ1v) is 4.28. The second-order valence-electron chi connectivity index (χ2n) is 3.96. The summed E-state index contributed by atoms with van der Waals surface area (Å²) in [6, 6.07) is 3.84. The molecule has 0 amide bonds. The fourth-order valence-corrected chi connectivity index (χ4v) is 1.61. The van der Waals surface area contributed by atoms with Gasteiger partial charge in [-0.3, -0.25) is 0 Å². The van der Waals surface area contributed by atoms with Crippen LogP contribution in [0.3, 0.4) is 0 Å². The van der Waals surface area contributed by atoms with Gasteiger partial charge in [-0.2, -0.15) is 5.26 Å². The lowest BCUT2D eigenvalue weighted by molar-refractivity contribution is 0.584. The van der Waals surface area contributed by atoms with E-state index >= 15 is 0 Å². The average molecular weight is 173 g/mol. The van der Waals surface area contributed by atoms with Gasteiger partial charge >= 0.3 is 0 Å². The molecule has 0 saturated heterocycles. The fraction of sp³-hybridized carbons (Fsp3) is 0.400. The molecule has 3 heteroatoms. The van der Waals surface area contributed by atoms with Gasteiger partial charge in [0, 0.05) is 29.4 Å². The molecule has 0 radical (unpaired) electrons. The van der Waals surface area contributed by atoms with Crippen molar-refractivity contribution in [2.45, 2.75) is 19.3 Å². The molecule has 1 aromatic rings. The number of nitrogens with one attached hydrogen (secondary N) is 1. The summed E-state index contributed by atoms with van der Waals surface area (Å²) in [7, 11) is 0. The van der Waals surface area contributed by atoms with Crippen LogP contribution in [0.2, 0.25) is 0 Å². The van der Waals surface area contributed by atoms with E-state index in [1.54, 1.807) is 6.20 Å². The summed E-state index contributed by atoms with van der Waals surface area (Å²) in [4.78, 5) is 4.06. The molecule has 1 aliphatic rings. The van der Waals surface area contributed by atoms with Crippen LogP contribution in [-0.2, 0) is 5.41 Å². The van der Waals surface area contributed by atoms with Gasteiger partial charge < -0.3 is 5.32 Å². The highest BCUT2D eigenvalue weighted by Gasteiger charge is 2.29. The molecule has 1 aromatic heterocycles. The minimum Gasteiger partial charge on any atom is -0.384 e. The highest BCUT2D eigenvalue weighted by Crippen LogP contribution is 2.35. The molecule has 13 heavy (non-hydrogen) atoms. The smallest absolute Gasteiger partial charge is 0.142 e. The maximum atomic E-state index is 8.66. The summed E-state index contributed by atoms with van der Waals surface area (Å²) in [5, 5.41) is 11.9. The molecule has 66 valence electrons. The van der Waals surface area contributed by atoms with Crippen molar-refractivity contribution < 1.29 is 0 Å². The number of pyridine rings is 1. The van der Waals surface area contributed by atoms with E-state index in [1.165, 1.54) is 5.56 Å². The number of nitrogens with zero attached hydrogens (tertiary/aromatic N) is 2. The molecule has 1 aliphatic heterocycles. The third-order valence-corrected chi connectivity index (χ3v) is 2.47. The zero-order chi connectivity index (χ0) is 9.47. The Morgan fingerprint density at radius 2 is 2.38 bits per heavy atom.